The summed E-state index contributed by atoms with van der Waals surface area (Å²) in [4.78, 5) is 8.54. The van der Waals surface area contributed by atoms with Gasteiger partial charge in [-0.3, -0.25) is 0 Å². The first kappa shape index (κ1) is 12.6. The Kier molecular flexibility index (Phi) is 3.97. The summed E-state index contributed by atoms with van der Waals surface area (Å²) < 4.78 is 0. The van der Waals surface area contributed by atoms with Gasteiger partial charge in [0.1, 0.15) is 5.82 Å². The van der Waals surface area contributed by atoms with Gasteiger partial charge in [-0.2, -0.15) is 4.98 Å². The van der Waals surface area contributed by atoms with E-state index in [1.165, 1.54) is 18.4 Å². The number of fused-ring (bicyclic) bond motifs is 1. The SMILES string of the molecule is CCCCCNc1nc(N)nc2ccc(C)cc12. The number of aromatic nitrogens is 2. The van der Waals surface area contributed by atoms with Crippen LogP contribution in [0.15, 0.2) is 18.2 Å². The molecule has 1 aromatic heterocycles. The van der Waals surface area contributed by atoms with Crippen molar-refractivity contribution in [2.45, 2.75) is 33.1 Å². The first-order valence-corrected chi connectivity index (χ1v) is 6.48. The second kappa shape index (κ2) is 5.67. The van der Waals surface area contributed by atoms with Gasteiger partial charge in [0.2, 0.25) is 5.95 Å². The molecule has 3 N–H and O–H groups in total. The van der Waals surface area contributed by atoms with E-state index in [1.807, 2.05) is 12.1 Å². The molecular formula is C14H20N4. The molecule has 0 spiro atoms. The minimum atomic E-state index is 0.323. The van der Waals surface area contributed by atoms with Crippen molar-refractivity contribution in [1.29, 1.82) is 0 Å². The van der Waals surface area contributed by atoms with E-state index in [0.717, 1.165) is 29.7 Å². The van der Waals surface area contributed by atoms with Crippen molar-refractivity contribution < 1.29 is 0 Å². The van der Waals surface area contributed by atoms with Crippen molar-refractivity contribution in [2.24, 2.45) is 0 Å². The second-order valence-corrected chi connectivity index (χ2v) is 4.58. The van der Waals surface area contributed by atoms with Crippen LogP contribution in [0.4, 0.5) is 11.8 Å². The highest BCUT2D eigenvalue weighted by Crippen LogP contribution is 2.22. The Balaban J connectivity index is 2.27. The molecule has 0 aliphatic carbocycles. The number of nitrogen functional groups attached to an aromatic ring is 1. The minimum Gasteiger partial charge on any atom is -0.369 e. The predicted octanol–water partition coefficient (Wildman–Crippen LogP) is 3.12. The van der Waals surface area contributed by atoms with Gasteiger partial charge in [0, 0.05) is 11.9 Å². The molecule has 0 aliphatic rings. The Morgan fingerprint density at radius 1 is 1.22 bits per heavy atom. The van der Waals surface area contributed by atoms with Crippen LogP contribution in [-0.4, -0.2) is 16.5 Å². The monoisotopic (exact) mass is 244 g/mol. The molecular weight excluding hydrogens is 224 g/mol. The number of benzene rings is 1. The van der Waals surface area contributed by atoms with E-state index in [0.29, 0.717) is 5.95 Å². The molecule has 1 heterocycles. The number of aryl methyl sites for hydroxylation is 1. The summed E-state index contributed by atoms with van der Waals surface area (Å²) in [5, 5.41) is 4.40. The molecule has 0 unspecified atom stereocenters. The van der Waals surface area contributed by atoms with Crippen molar-refractivity contribution >= 4 is 22.7 Å². The number of hydrogen-bond donors (Lipinski definition) is 2. The molecule has 4 heteroatoms. The largest absolute Gasteiger partial charge is 0.369 e. The standard InChI is InChI=1S/C14H20N4/c1-3-4-5-8-16-13-11-9-10(2)6-7-12(11)17-14(15)18-13/h6-7,9H,3-5,8H2,1-2H3,(H3,15,16,17,18). The summed E-state index contributed by atoms with van der Waals surface area (Å²) >= 11 is 0. The lowest BCUT2D eigenvalue weighted by Crippen LogP contribution is -2.06. The summed E-state index contributed by atoms with van der Waals surface area (Å²) in [6.07, 6.45) is 3.59. The molecule has 0 saturated heterocycles. The molecule has 0 radical (unpaired) electrons. The minimum absolute atomic E-state index is 0.323. The third-order valence-corrected chi connectivity index (χ3v) is 2.94. The quantitative estimate of drug-likeness (QED) is 0.793. The zero-order valence-electron chi connectivity index (χ0n) is 11.0. The van der Waals surface area contributed by atoms with Gasteiger partial charge in [0.25, 0.3) is 0 Å². The Morgan fingerprint density at radius 2 is 2.06 bits per heavy atom. The molecule has 96 valence electrons. The number of anilines is 2. The topological polar surface area (TPSA) is 63.8 Å². The maximum absolute atomic E-state index is 5.73. The lowest BCUT2D eigenvalue weighted by molar-refractivity contribution is 0.743. The average molecular weight is 244 g/mol. The van der Waals surface area contributed by atoms with Gasteiger partial charge in [0.05, 0.1) is 5.52 Å². The molecule has 2 rings (SSSR count). The van der Waals surface area contributed by atoms with Crippen molar-refractivity contribution in [3.63, 3.8) is 0 Å². The van der Waals surface area contributed by atoms with E-state index in [4.69, 9.17) is 5.73 Å². The van der Waals surface area contributed by atoms with Gasteiger partial charge in [-0.05, 0) is 25.5 Å². The third-order valence-electron chi connectivity index (χ3n) is 2.94. The summed E-state index contributed by atoms with van der Waals surface area (Å²) in [6, 6.07) is 6.12. The van der Waals surface area contributed by atoms with Crippen LogP contribution < -0.4 is 11.1 Å². The van der Waals surface area contributed by atoms with E-state index in [1.54, 1.807) is 0 Å². The van der Waals surface area contributed by atoms with Gasteiger partial charge < -0.3 is 11.1 Å². The molecule has 0 fully saturated rings. The van der Waals surface area contributed by atoms with Crippen molar-refractivity contribution in [2.75, 3.05) is 17.6 Å². The van der Waals surface area contributed by atoms with Crippen molar-refractivity contribution in [1.82, 2.24) is 9.97 Å². The maximum atomic E-state index is 5.73. The smallest absolute Gasteiger partial charge is 0.222 e. The summed E-state index contributed by atoms with van der Waals surface area (Å²) in [5.41, 5.74) is 7.83. The fourth-order valence-electron chi connectivity index (χ4n) is 1.98. The van der Waals surface area contributed by atoms with Gasteiger partial charge in [-0.15, -0.1) is 0 Å². The van der Waals surface area contributed by atoms with E-state index in [-0.39, 0.29) is 0 Å². The van der Waals surface area contributed by atoms with Crippen LogP contribution in [0.2, 0.25) is 0 Å². The zero-order valence-corrected chi connectivity index (χ0v) is 11.0. The number of rotatable bonds is 5. The normalized spacial score (nSPS) is 10.8. The zero-order chi connectivity index (χ0) is 13.0. The van der Waals surface area contributed by atoms with Crippen LogP contribution in [0, 0.1) is 6.92 Å². The Hall–Kier alpha value is -1.84. The highest BCUT2D eigenvalue weighted by atomic mass is 15.1. The highest BCUT2D eigenvalue weighted by Gasteiger charge is 2.05. The van der Waals surface area contributed by atoms with Crippen LogP contribution in [0.25, 0.3) is 10.9 Å². The number of nitrogens with one attached hydrogen (secondary N) is 1. The maximum Gasteiger partial charge on any atom is 0.222 e. The Bertz CT molecular complexity index is 537. The van der Waals surface area contributed by atoms with Crippen LogP contribution >= 0.6 is 0 Å². The fourth-order valence-corrected chi connectivity index (χ4v) is 1.98. The number of nitrogens with zero attached hydrogens (tertiary/aromatic N) is 2. The summed E-state index contributed by atoms with van der Waals surface area (Å²) in [6.45, 7) is 5.19. The average Bonchev–Trinajstić information content (AvgIpc) is 2.35. The van der Waals surface area contributed by atoms with Crippen LogP contribution in [0.1, 0.15) is 31.7 Å². The molecule has 4 nitrogen and oxygen atoms in total. The lowest BCUT2D eigenvalue weighted by atomic mass is 10.1. The Morgan fingerprint density at radius 3 is 2.83 bits per heavy atom. The number of unbranched alkanes of at least 4 members (excludes halogenated alkanes) is 2. The van der Waals surface area contributed by atoms with Gasteiger partial charge in [-0.1, -0.05) is 31.4 Å². The summed E-state index contributed by atoms with van der Waals surface area (Å²) in [5.74, 6) is 1.17. The molecule has 0 bridgehead atoms. The fraction of sp³-hybridized carbons (Fsp3) is 0.429. The molecule has 2 aromatic rings. The van der Waals surface area contributed by atoms with Crippen LogP contribution in [0.3, 0.4) is 0 Å². The molecule has 0 aliphatic heterocycles. The molecule has 18 heavy (non-hydrogen) atoms. The third kappa shape index (κ3) is 2.88. The first-order chi connectivity index (χ1) is 8.70. The van der Waals surface area contributed by atoms with Gasteiger partial charge in [0.15, 0.2) is 0 Å². The van der Waals surface area contributed by atoms with Crippen LogP contribution in [0.5, 0.6) is 0 Å². The van der Waals surface area contributed by atoms with Gasteiger partial charge >= 0.3 is 0 Å². The van der Waals surface area contributed by atoms with E-state index in [9.17, 15) is 0 Å². The lowest BCUT2D eigenvalue weighted by Gasteiger charge is -2.09. The second-order valence-electron chi connectivity index (χ2n) is 4.58. The molecule has 0 saturated carbocycles. The molecule has 1 aromatic carbocycles. The number of nitrogens with two attached hydrogens (primary N) is 1. The number of hydrogen-bond acceptors (Lipinski definition) is 4. The first-order valence-electron chi connectivity index (χ1n) is 6.48. The van der Waals surface area contributed by atoms with Crippen LogP contribution in [-0.2, 0) is 0 Å². The van der Waals surface area contributed by atoms with E-state index in [2.05, 4.69) is 35.2 Å². The Labute approximate surface area is 108 Å². The van der Waals surface area contributed by atoms with E-state index < -0.39 is 0 Å². The van der Waals surface area contributed by atoms with E-state index >= 15 is 0 Å². The highest BCUT2D eigenvalue weighted by molar-refractivity contribution is 5.90. The summed E-state index contributed by atoms with van der Waals surface area (Å²) in [7, 11) is 0. The predicted molar refractivity (Wildman–Crippen MR) is 76.7 cm³/mol. The van der Waals surface area contributed by atoms with Crippen molar-refractivity contribution in [3.8, 4) is 0 Å². The van der Waals surface area contributed by atoms with Crippen molar-refractivity contribution in [3.05, 3.63) is 23.8 Å². The molecule has 0 atom stereocenters. The molecule has 0 amide bonds. The van der Waals surface area contributed by atoms with Gasteiger partial charge in [-0.25, -0.2) is 4.98 Å².